The van der Waals surface area contributed by atoms with Crippen LogP contribution in [0, 0.1) is 0 Å². The highest BCUT2D eigenvalue weighted by Crippen LogP contribution is 2.40. The van der Waals surface area contributed by atoms with Crippen LogP contribution in [-0.2, 0) is 32.3 Å². The van der Waals surface area contributed by atoms with Crippen LogP contribution in [0.1, 0.15) is 48.2 Å². The zero-order chi connectivity index (χ0) is 49.1. The van der Waals surface area contributed by atoms with E-state index in [0.29, 0.717) is 34.4 Å². The molecule has 24 heteroatoms. The second-order valence-corrected chi connectivity index (χ2v) is 16.2. The molecule has 2 unspecified atom stereocenters. The molecule has 8 N–H and O–H groups in total. The largest absolute Gasteiger partial charge is 0.491 e. The fourth-order valence-electron chi connectivity index (χ4n) is 7.38. The minimum absolute atomic E-state index is 0.115. The summed E-state index contributed by atoms with van der Waals surface area (Å²) in [7, 11) is -1.53. The molecule has 0 fully saturated rings. The quantitative estimate of drug-likeness (QED) is 0.0834. The zero-order valence-corrected chi connectivity index (χ0v) is 38.9. The average molecular weight is 1010 g/mol. The number of rotatable bonds is 10. The molecule has 4 aromatic heterocycles. The van der Waals surface area contributed by atoms with E-state index in [1.165, 1.54) is 12.4 Å². The molecule has 2 aliphatic heterocycles. The molecule has 4 aromatic carbocycles. The van der Waals surface area contributed by atoms with E-state index in [4.69, 9.17) is 31.0 Å². The monoisotopic (exact) mass is 1000 g/mol. The van der Waals surface area contributed by atoms with Gasteiger partial charge in [-0.15, -0.1) is 0 Å². The van der Waals surface area contributed by atoms with Crippen molar-refractivity contribution in [3.63, 3.8) is 0 Å². The number of nitrogens with zero attached hydrogens (tertiary/aromatic N) is 12. The highest BCUT2D eigenvalue weighted by atomic mass is 79.9. The number of tetrazole rings is 2. The lowest BCUT2D eigenvalue weighted by molar-refractivity contribution is -0.141. The molecule has 0 bridgehead atoms. The second-order valence-electron chi connectivity index (χ2n) is 15.3. The average Bonchev–Trinajstić information content (AvgIpc) is 4.05. The topological polar surface area (TPSA) is 308 Å². The summed E-state index contributed by atoms with van der Waals surface area (Å²) in [5.41, 5.74) is 18.3. The maximum Gasteiger partial charge on any atom is 0.491 e. The van der Waals surface area contributed by atoms with E-state index in [-0.39, 0.29) is 30.6 Å². The Hall–Kier alpha value is -8.74. The van der Waals surface area contributed by atoms with Crippen molar-refractivity contribution in [2.24, 2.45) is 0 Å². The number of hydrogen-bond donors (Lipinski definition) is 6. The highest BCUT2D eigenvalue weighted by Gasteiger charge is 2.37. The van der Waals surface area contributed by atoms with Crippen LogP contribution in [0.3, 0.4) is 0 Å². The normalized spacial score (nSPS) is 14.5. The first-order chi connectivity index (χ1) is 34.0. The van der Waals surface area contributed by atoms with Crippen molar-refractivity contribution in [2.45, 2.75) is 39.1 Å². The van der Waals surface area contributed by atoms with Crippen LogP contribution in [-0.4, -0.2) is 89.5 Å². The van der Waals surface area contributed by atoms with Crippen LogP contribution in [0.5, 0.6) is 0 Å². The number of nitrogen functional groups attached to an aromatic ring is 2. The maximum absolute atomic E-state index is 13.3. The lowest BCUT2D eigenvalue weighted by Gasteiger charge is -2.28. The van der Waals surface area contributed by atoms with E-state index < -0.39 is 31.1 Å². The lowest BCUT2D eigenvalue weighted by Crippen LogP contribution is -2.30. The Morgan fingerprint density at radius 2 is 1.06 bits per heavy atom. The van der Waals surface area contributed by atoms with Crippen molar-refractivity contribution in [3.8, 4) is 11.1 Å². The summed E-state index contributed by atoms with van der Waals surface area (Å²) in [6.07, 6.45) is 5.80. The summed E-state index contributed by atoms with van der Waals surface area (Å²) in [5.74, 6) is 0.337. The first kappa shape index (κ1) is 47.7. The van der Waals surface area contributed by atoms with E-state index in [1.807, 2.05) is 116 Å². The highest BCUT2D eigenvalue weighted by molar-refractivity contribution is 9.10. The van der Waals surface area contributed by atoms with E-state index >= 15 is 0 Å². The summed E-state index contributed by atoms with van der Waals surface area (Å²) < 4.78 is 15.3. The van der Waals surface area contributed by atoms with Crippen molar-refractivity contribution in [3.05, 3.63) is 183 Å². The number of benzene rings is 4. The Balaban J connectivity index is 0.000000160. The van der Waals surface area contributed by atoms with Gasteiger partial charge in [-0.25, -0.2) is 29.5 Å². The van der Waals surface area contributed by atoms with Crippen LogP contribution >= 0.6 is 15.9 Å². The molecule has 0 spiro atoms. The molecule has 0 aliphatic carbocycles. The Bertz CT molecular complexity index is 3160. The SMILES string of the molecule is CC1=C(C(=O)OCc2ccccc2)C(c2ccccc2-c2cnc(N)nc2)n2nnnc2N1.CC1=C(C(=O)OCc2ccccc2)C(c2ccccc2Br)n2nnnc2N1.Nc1ncc(B(O)O)cn1. The van der Waals surface area contributed by atoms with E-state index in [1.54, 1.807) is 28.7 Å². The number of nitrogens with two attached hydrogens (primary N) is 2. The molecular weight excluding hydrogens is 963 g/mol. The Labute approximate surface area is 407 Å². The van der Waals surface area contributed by atoms with Gasteiger partial charge in [-0.1, -0.05) is 129 Å². The number of fused-ring (bicyclic) bond motifs is 2. The molecule has 22 nitrogen and oxygen atoms in total. The standard InChI is InChI=1S/C23H20N8O2.C19H16BrN5O2.C4H6BN3O2/c1-14-19(21(32)33-13-15-7-3-2-4-8-15)20(31-23(27-14)28-29-30-31)18-10-6-5-9-17(18)16-11-25-22(24)26-12-16;1-12-16(18(26)27-11-13-7-3-2-4-8-13)17(14-9-5-6-10-15(14)20)25-19(21-12)22-23-24-25;6-4-7-1-3(2-8-4)5(9)10/h2-12,20H,13H2,1H3,(H2,24,25,26)(H,27,28,30);2-10,17H,11H2,1H3,(H,21,22,24);1-2,9-10H,(H2,6,7,8). The third-order valence-electron chi connectivity index (χ3n) is 10.7. The number of nitrogens with one attached hydrogen (secondary N) is 2. The van der Waals surface area contributed by atoms with E-state index in [0.717, 1.165) is 37.9 Å². The van der Waals surface area contributed by atoms with Gasteiger partial charge in [-0.05, 0) is 68.6 Å². The number of carbonyl (C=O) groups excluding carboxylic acids is 2. The van der Waals surface area contributed by atoms with Crippen LogP contribution in [0.4, 0.5) is 23.8 Å². The molecule has 10 rings (SSSR count). The molecule has 2 atom stereocenters. The van der Waals surface area contributed by atoms with Gasteiger partial charge < -0.3 is 41.6 Å². The summed E-state index contributed by atoms with van der Waals surface area (Å²) in [6.45, 7) is 3.97. The van der Waals surface area contributed by atoms with Gasteiger partial charge in [-0.2, -0.15) is 9.36 Å². The fourth-order valence-corrected chi connectivity index (χ4v) is 7.89. The number of allylic oxidation sites excluding steroid dienone is 2. The lowest BCUT2D eigenvalue weighted by atomic mass is 9.83. The van der Waals surface area contributed by atoms with Gasteiger partial charge in [0.05, 0.1) is 11.1 Å². The third kappa shape index (κ3) is 11.0. The molecule has 8 aromatic rings. The predicted molar refractivity (Wildman–Crippen MR) is 259 cm³/mol. The summed E-state index contributed by atoms with van der Waals surface area (Å²) in [6, 6.07) is 33.3. The molecule has 6 heterocycles. The molecule has 0 saturated heterocycles. The molecule has 0 radical (unpaired) electrons. The smallest absolute Gasteiger partial charge is 0.457 e. The van der Waals surface area contributed by atoms with Crippen molar-refractivity contribution in [1.82, 2.24) is 60.4 Å². The van der Waals surface area contributed by atoms with Crippen LogP contribution in [0.2, 0.25) is 0 Å². The molecule has 0 saturated carbocycles. The maximum atomic E-state index is 13.3. The van der Waals surface area contributed by atoms with Crippen molar-refractivity contribution >= 4 is 64.2 Å². The summed E-state index contributed by atoms with van der Waals surface area (Å²) >= 11 is 3.57. The van der Waals surface area contributed by atoms with Gasteiger partial charge in [0.2, 0.25) is 23.8 Å². The summed E-state index contributed by atoms with van der Waals surface area (Å²) in [5, 5.41) is 47.1. The minimum atomic E-state index is -1.53. The molecule has 0 amide bonds. The number of carbonyl (C=O) groups is 2. The molecule has 2 aliphatic rings. The van der Waals surface area contributed by atoms with Gasteiger partial charge in [0.15, 0.2) is 0 Å². The fraction of sp³-hybridized carbons (Fsp3) is 0.130. The van der Waals surface area contributed by atoms with Gasteiger partial charge in [0.1, 0.15) is 25.3 Å². The Kier molecular flexibility index (Phi) is 15.0. The number of ether oxygens (including phenoxy) is 2. The third-order valence-corrected chi connectivity index (χ3v) is 11.4. The van der Waals surface area contributed by atoms with Crippen molar-refractivity contribution in [2.75, 3.05) is 22.1 Å². The van der Waals surface area contributed by atoms with Gasteiger partial charge >= 0.3 is 19.1 Å². The van der Waals surface area contributed by atoms with Crippen LogP contribution in [0.15, 0.2) is 161 Å². The van der Waals surface area contributed by atoms with Crippen molar-refractivity contribution in [1.29, 1.82) is 0 Å². The molecular formula is C46H42BBrN16O6. The first-order valence-electron chi connectivity index (χ1n) is 21.2. The van der Waals surface area contributed by atoms with Gasteiger partial charge in [0.25, 0.3) is 0 Å². The second kappa shape index (κ2) is 21.9. The number of aromatic nitrogens is 12. The summed E-state index contributed by atoms with van der Waals surface area (Å²) in [4.78, 5) is 41.7. The number of hydrogen-bond acceptors (Lipinski definition) is 20. The number of anilines is 4. The van der Waals surface area contributed by atoms with Crippen molar-refractivity contribution < 1.29 is 29.1 Å². The first-order valence-corrected chi connectivity index (χ1v) is 22.0. The van der Waals surface area contributed by atoms with Gasteiger partial charge in [0, 0.05) is 51.7 Å². The molecule has 70 heavy (non-hydrogen) atoms. The Morgan fingerprint density at radius 1 is 0.629 bits per heavy atom. The van der Waals surface area contributed by atoms with E-state index in [2.05, 4.69) is 77.6 Å². The zero-order valence-electron chi connectivity index (χ0n) is 37.3. The minimum Gasteiger partial charge on any atom is -0.457 e. The molecule has 352 valence electrons. The number of esters is 2. The Morgan fingerprint density at radius 3 is 1.54 bits per heavy atom. The van der Waals surface area contributed by atoms with Crippen LogP contribution in [0.25, 0.3) is 11.1 Å². The van der Waals surface area contributed by atoms with E-state index in [9.17, 15) is 9.59 Å². The van der Waals surface area contributed by atoms with Crippen LogP contribution < -0.4 is 27.6 Å². The van der Waals surface area contributed by atoms with Gasteiger partial charge in [-0.3, -0.25) is 0 Å². The predicted octanol–water partition coefficient (Wildman–Crippen LogP) is 3.95. The number of halogens is 1.